The van der Waals surface area contributed by atoms with Gasteiger partial charge < -0.3 is 0 Å². The highest BCUT2D eigenvalue weighted by Crippen LogP contribution is 2.32. The molecule has 0 amide bonds. The van der Waals surface area contributed by atoms with Crippen molar-refractivity contribution in [3.63, 3.8) is 0 Å². The standard InChI is InChI=1S/C14H18Cl2O/c1-3-4-9-14(2,13(17)10-15)11-5-7-12(16)8-6-11/h5-8H,3-4,9-10H2,1-2H3. The summed E-state index contributed by atoms with van der Waals surface area (Å²) in [7, 11) is 0. The minimum atomic E-state index is -0.484. The predicted octanol–water partition coefficient (Wildman–Crippen LogP) is 4.60. The first kappa shape index (κ1) is 14.5. The highest BCUT2D eigenvalue weighted by molar-refractivity contribution is 6.30. The molecular weight excluding hydrogens is 255 g/mol. The Bertz CT molecular complexity index is 372. The highest BCUT2D eigenvalue weighted by Gasteiger charge is 2.33. The molecule has 0 radical (unpaired) electrons. The second-order valence-electron chi connectivity index (χ2n) is 4.50. The van der Waals surface area contributed by atoms with E-state index in [1.807, 2.05) is 31.2 Å². The first-order valence-electron chi connectivity index (χ1n) is 5.90. The Morgan fingerprint density at radius 2 is 1.88 bits per heavy atom. The molecule has 1 aromatic carbocycles. The SMILES string of the molecule is CCCCC(C)(C(=O)CCl)c1ccc(Cl)cc1. The van der Waals surface area contributed by atoms with Crippen LogP contribution in [0.1, 0.15) is 38.7 Å². The van der Waals surface area contributed by atoms with E-state index in [9.17, 15) is 4.79 Å². The fourth-order valence-corrected chi connectivity index (χ4v) is 2.36. The van der Waals surface area contributed by atoms with Gasteiger partial charge in [0, 0.05) is 5.02 Å². The number of benzene rings is 1. The van der Waals surface area contributed by atoms with Crippen LogP contribution in [0.25, 0.3) is 0 Å². The molecule has 1 unspecified atom stereocenters. The second-order valence-corrected chi connectivity index (χ2v) is 5.20. The topological polar surface area (TPSA) is 17.1 Å². The van der Waals surface area contributed by atoms with Gasteiger partial charge in [0.2, 0.25) is 0 Å². The van der Waals surface area contributed by atoms with Crippen molar-refractivity contribution in [2.75, 3.05) is 5.88 Å². The van der Waals surface area contributed by atoms with Crippen LogP contribution in [0.15, 0.2) is 24.3 Å². The number of carbonyl (C=O) groups is 1. The number of hydrogen-bond donors (Lipinski definition) is 0. The molecule has 0 saturated carbocycles. The summed E-state index contributed by atoms with van der Waals surface area (Å²) in [6.07, 6.45) is 2.91. The van der Waals surface area contributed by atoms with Gasteiger partial charge >= 0.3 is 0 Å². The maximum Gasteiger partial charge on any atom is 0.157 e. The predicted molar refractivity (Wildman–Crippen MR) is 74.1 cm³/mol. The number of Topliss-reactive ketones (excluding diaryl/α,β-unsaturated/α-hetero) is 1. The maximum absolute atomic E-state index is 12.1. The second kappa shape index (κ2) is 6.42. The summed E-state index contributed by atoms with van der Waals surface area (Å²) in [6, 6.07) is 7.48. The Kier molecular flexibility index (Phi) is 5.48. The Morgan fingerprint density at radius 1 is 1.29 bits per heavy atom. The highest BCUT2D eigenvalue weighted by atomic mass is 35.5. The molecular formula is C14H18Cl2O. The molecule has 0 bridgehead atoms. The summed E-state index contributed by atoms with van der Waals surface area (Å²) < 4.78 is 0. The van der Waals surface area contributed by atoms with E-state index in [2.05, 4.69) is 6.92 Å². The maximum atomic E-state index is 12.1. The van der Waals surface area contributed by atoms with Gasteiger partial charge in [-0.05, 0) is 31.0 Å². The molecule has 1 rings (SSSR count). The van der Waals surface area contributed by atoms with Crippen molar-refractivity contribution in [2.45, 2.75) is 38.5 Å². The molecule has 0 aromatic heterocycles. The molecule has 0 saturated heterocycles. The smallest absolute Gasteiger partial charge is 0.157 e. The van der Waals surface area contributed by atoms with E-state index in [0.29, 0.717) is 5.02 Å². The Labute approximate surface area is 113 Å². The molecule has 0 aliphatic rings. The summed E-state index contributed by atoms with van der Waals surface area (Å²) in [5, 5.41) is 0.685. The Balaban J connectivity index is 3.04. The zero-order valence-electron chi connectivity index (χ0n) is 10.3. The lowest BCUT2D eigenvalue weighted by Crippen LogP contribution is -2.33. The number of rotatable bonds is 6. The van der Waals surface area contributed by atoms with Crippen molar-refractivity contribution in [1.29, 1.82) is 0 Å². The van der Waals surface area contributed by atoms with Gasteiger partial charge in [-0.25, -0.2) is 0 Å². The van der Waals surface area contributed by atoms with Gasteiger partial charge in [0.15, 0.2) is 5.78 Å². The van der Waals surface area contributed by atoms with Gasteiger partial charge in [-0.15, -0.1) is 11.6 Å². The molecule has 3 heteroatoms. The van der Waals surface area contributed by atoms with Crippen molar-refractivity contribution < 1.29 is 4.79 Å². The number of carbonyl (C=O) groups excluding carboxylic acids is 1. The fraction of sp³-hybridized carbons (Fsp3) is 0.500. The van der Waals surface area contributed by atoms with Crippen LogP contribution in [0, 0.1) is 0 Å². The summed E-state index contributed by atoms with van der Waals surface area (Å²) >= 11 is 11.6. The van der Waals surface area contributed by atoms with Crippen LogP contribution >= 0.6 is 23.2 Å². The average Bonchev–Trinajstić information content (AvgIpc) is 2.35. The fourth-order valence-electron chi connectivity index (χ4n) is 1.94. The number of alkyl halides is 1. The quantitative estimate of drug-likeness (QED) is 0.692. The monoisotopic (exact) mass is 272 g/mol. The lowest BCUT2D eigenvalue weighted by molar-refractivity contribution is -0.121. The van der Waals surface area contributed by atoms with Gasteiger partial charge in [0.05, 0.1) is 11.3 Å². The number of halogens is 2. The van der Waals surface area contributed by atoms with Gasteiger partial charge in [-0.1, -0.05) is 43.5 Å². The van der Waals surface area contributed by atoms with E-state index in [1.165, 1.54) is 0 Å². The van der Waals surface area contributed by atoms with Crippen LogP contribution in [-0.2, 0) is 10.2 Å². The minimum absolute atomic E-state index is 0.0584. The third-order valence-electron chi connectivity index (χ3n) is 3.25. The summed E-state index contributed by atoms with van der Waals surface area (Å²) in [5.74, 6) is 0.137. The Morgan fingerprint density at radius 3 is 2.35 bits per heavy atom. The van der Waals surface area contributed by atoms with Gasteiger partial charge in [0.25, 0.3) is 0 Å². The molecule has 1 aromatic rings. The number of unbranched alkanes of at least 4 members (excludes halogenated alkanes) is 1. The molecule has 94 valence electrons. The van der Waals surface area contributed by atoms with E-state index in [0.717, 1.165) is 24.8 Å². The molecule has 0 N–H and O–H groups in total. The first-order chi connectivity index (χ1) is 8.04. The van der Waals surface area contributed by atoms with Crippen molar-refractivity contribution in [2.24, 2.45) is 0 Å². The van der Waals surface area contributed by atoms with E-state index >= 15 is 0 Å². The molecule has 1 atom stereocenters. The van der Waals surface area contributed by atoms with Crippen LogP contribution in [0.3, 0.4) is 0 Å². The van der Waals surface area contributed by atoms with Gasteiger partial charge in [-0.3, -0.25) is 4.79 Å². The van der Waals surface area contributed by atoms with E-state index in [4.69, 9.17) is 23.2 Å². The summed E-state index contributed by atoms with van der Waals surface area (Å²) in [6.45, 7) is 4.09. The Hall–Kier alpha value is -0.530. The molecule has 0 fully saturated rings. The third kappa shape index (κ3) is 3.46. The van der Waals surface area contributed by atoms with Crippen molar-refractivity contribution in [3.05, 3.63) is 34.9 Å². The lowest BCUT2D eigenvalue weighted by atomic mass is 9.75. The number of hydrogen-bond acceptors (Lipinski definition) is 1. The van der Waals surface area contributed by atoms with Crippen LogP contribution in [0.5, 0.6) is 0 Å². The van der Waals surface area contributed by atoms with Crippen LogP contribution < -0.4 is 0 Å². The normalized spacial score (nSPS) is 14.4. The lowest BCUT2D eigenvalue weighted by Gasteiger charge is -2.28. The number of ketones is 1. The molecule has 0 heterocycles. The van der Waals surface area contributed by atoms with Gasteiger partial charge in [0.1, 0.15) is 0 Å². The summed E-state index contributed by atoms with van der Waals surface area (Å²) in [5.41, 5.74) is 0.517. The van der Waals surface area contributed by atoms with Crippen molar-refractivity contribution in [3.8, 4) is 0 Å². The molecule has 17 heavy (non-hydrogen) atoms. The van der Waals surface area contributed by atoms with Crippen LogP contribution in [0.2, 0.25) is 5.02 Å². The van der Waals surface area contributed by atoms with E-state index < -0.39 is 5.41 Å². The summed E-state index contributed by atoms with van der Waals surface area (Å²) in [4.78, 5) is 12.1. The van der Waals surface area contributed by atoms with Gasteiger partial charge in [-0.2, -0.15) is 0 Å². The average molecular weight is 273 g/mol. The van der Waals surface area contributed by atoms with E-state index in [1.54, 1.807) is 0 Å². The third-order valence-corrected chi connectivity index (χ3v) is 3.74. The van der Waals surface area contributed by atoms with Crippen LogP contribution in [0.4, 0.5) is 0 Å². The zero-order chi connectivity index (χ0) is 12.9. The molecule has 1 nitrogen and oxygen atoms in total. The van der Waals surface area contributed by atoms with Crippen LogP contribution in [-0.4, -0.2) is 11.7 Å². The van der Waals surface area contributed by atoms with Crippen molar-refractivity contribution >= 4 is 29.0 Å². The molecule has 0 aliphatic carbocycles. The van der Waals surface area contributed by atoms with E-state index in [-0.39, 0.29) is 11.7 Å². The largest absolute Gasteiger partial charge is 0.297 e. The minimum Gasteiger partial charge on any atom is -0.297 e. The van der Waals surface area contributed by atoms with Crippen molar-refractivity contribution in [1.82, 2.24) is 0 Å². The zero-order valence-corrected chi connectivity index (χ0v) is 11.8. The molecule has 0 spiro atoms. The first-order valence-corrected chi connectivity index (χ1v) is 6.81. The molecule has 0 aliphatic heterocycles.